The van der Waals surface area contributed by atoms with Crippen LogP contribution in [0.4, 0.5) is 5.82 Å². The average molecular weight is 373 g/mol. The fraction of sp³-hybridized carbons (Fsp3) is 0.389. The van der Waals surface area contributed by atoms with Crippen LogP contribution in [0, 0.1) is 5.41 Å². The van der Waals surface area contributed by atoms with Gasteiger partial charge in [0.05, 0.1) is 17.8 Å². The molecule has 0 unspecified atom stereocenters. The Balaban J connectivity index is 1.61. The van der Waals surface area contributed by atoms with Crippen molar-refractivity contribution < 1.29 is 5.11 Å². The van der Waals surface area contributed by atoms with Crippen molar-refractivity contribution in [2.24, 2.45) is 11.1 Å². The van der Waals surface area contributed by atoms with E-state index in [1.807, 2.05) is 24.3 Å². The van der Waals surface area contributed by atoms with E-state index in [4.69, 9.17) is 17.3 Å². The van der Waals surface area contributed by atoms with E-state index < -0.39 is 0 Å². The highest BCUT2D eigenvalue weighted by Crippen LogP contribution is 2.33. The van der Waals surface area contributed by atoms with E-state index in [0.29, 0.717) is 28.4 Å². The minimum Gasteiger partial charge on any atom is -0.396 e. The molecule has 3 heterocycles. The number of nitrogens with one attached hydrogen (secondary N) is 1. The molecule has 0 amide bonds. The number of nitrogens with zero attached hydrogens (tertiary/aromatic N) is 4. The predicted molar refractivity (Wildman–Crippen MR) is 102 cm³/mol. The number of hydrogen-bond acceptors (Lipinski definition) is 6. The molecule has 4 N–H and O–H groups in total. The molecular weight excluding hydrogens is 352 g/mol. The van der Waals surface area contributed by atoms with Crippen molar-refractivity contribution >= 4 is 28.6 Å². The summed E-state index contributed by atoms with van der Waals surface area (Å²) in [6, 6.07) is 7.55. The number of hydrogen-bond donors (Lipinski definition) is 3. The lowest BCUT2D eigenvalue weighted by atomic mass is 9.79. The van der Waals surface area contributed by atoms with Crippen LogP contribution in [0.25, 0.3) is 22.4 Å². The summed E-state index contributed by atoms with van der Waals surface area (Å²) in [5.41, 5.74) is 8.54. The lowest BCUT2D eigenvalue weighted by molar-refractivity contribution is 0.104. The van der Waals surface area contributed by atoms with Crippen LogP contribution in [0.3, 0.4) is 0 Å². The molecule has 1 aliphatic heterocycles. The largest absolute Gasteiger partial charge is 0.396 e. The molecule has 0 spiro atoms. The minimum atomic E-state index is -0.167. The second-order valence-corrected chi connectivity index (χ2v) is 7.23. The number of fused-ring (bicyclic) bond motifs is 1. The van der Waals surface area contributed by atoms with Gasteiger partial charge in [-0.15, -0.1) is 0 Å². The molecule has 8 heteroatoms. The van der Waals surface area contributed by atoms with Gasteiger partial charge < -0.3 is 15.7 Å². The SMILES string of the molecule is NCC1(CO)CCN(c2cnc3c(-c4ccccc4Cl)n[nH]c3n2)CC1. The van der Waals surface area contributed by atoms with Crippen molar-refractivity contribution in [3.63, 3.8) is 0 Å². The molecule has 1 aliphatic rings. The molecule has 0 aliphatic carbocycles. The summed E-state index contributed by atoms with van der Waals surface area (Å²) in [6.45, 7) is 2.22. The van der Waals surface area contributed by atoms with Gasteiger partial charge >= 0.3 is 0 Å². The van der Waals surface area contributed by atoms with Crippen LogP contribution < -0.4 is 10.6 Å². The highest BCUT2D eigenvalue weighted by molar-refractivity contribution is 6.33. The average Bonchev–Trinajstić information content (AvgIpc) is 3.11. The number of nitrogens with two attached hydrogens (primary N) is 1. The van der Waals surface area contributed by atoms with Crippen molar-refractivity contribution in [2.75, 3.05) is 31.1 Å². The van der Waals surface area contributed by atoms with Crippen molar-refractivity contribution in [3.8, 4) is 11.3 Å². The monoisotopic (exact) mass is 372 g/mol. The Labute approximate surface area is 156 Å². The smallest absolute Gasteiger partial charge is 0.177 e. The van der Waals surface area contributed by atoms with Gasteiger partial charge in [-0.2, -0.15) is 5.10 Å². The normalized spacial score (nSPS) is 17.0. The second-order valence-electron chi connectivity index (χ2n) is 6.83. The Hall–Kier alpha value is -2.22. The topological polar surface area (TPSA) is 104 Å². The summed E-state index contributed by atoms with van der Waals surface area (Å²) in [6.07, 6.45) is 3.45. The second kappa shape index (κ2) is 6.83. The third-order valence-corrected chi connectivity index (χ3v) is 5.63. The summed E-state index contributed by atoms with van der Waals surface area (Å²) in [4.78, 5) is 11.4. The minimum absolute atomic E-state index is 0.129. The van der Waals surface area contributed by atoms with Gasteiger partial charge in [-0.05, 0) is 18.9 Å². The lowest BCUT2D eigenvalue weighted by Crippen LogP contribution is -2.46. The third kappa shape index (κ3) is 2.92. The van der Waals surface area contributed by atoms with E-state index in [9.17, 15) is 5.11 Å². The Bertz CT molecular complexity index is 913. The molecule has 26 heavy (non-hydrogen) atoms. The van der Waals surface area contributed by atoms with Crippen LogP contribution in [-0.2, 0) is 0 Å². The van der Waals surface area contributed by atoms with Crippen LogP contribution in [-0.4, -0.2) is 51.5 Å². The van der Waals surface area contributed by atoms with Crippen molar-refractivity contribution in [1.29, 1.82) is 0 Å². The van der Waals surface area contributed by atoms with Crippen LogP contribution in [0.5, 0.6) is 0 Å². The molecule has 1 aromatic carbocycles. The fourth-order valence-electron chi connectivity index (χ4n) is 3.42. The fourth-order valence-corrected chi connectivity index (χ4v) is 3.65. The molecule has 3 aromatic rings. The van der Waals surface area contributed by atoms with Crippen molar-refractivity contribution in [1.82, 2.24) is 20.2 Å². The van der Waals surface area contributed by atoms with E-state index >= 15 is 0 Å². The van der Waals surface area contributed by atoms with Crippen molar-refractivity contribution in [2.45, 2.75) is 12.8 Å². The zero-order valence-corrected chi connectivity index (χ0v) is 15.1. The van der Waals surface area contributed by atoms with Gasteiger partial charge in [0, 0.05) is 30.6 Å². The summed E-state index contributed by atoms with van der Waals surface area (Å²) in [5.74, 6) is 0.801. The molecular formula is C18H21ClN6O. The Kier molecular flexibility index (Phi) is 4.52. The first-order valence-electron chi connectivity index (χ1n) is 8.68. The first kappa shape index (κ1) is 17.2. The first-order valence-corrected chi connectivity index (χ1v) is 9.05. The maximum Gasteiger partial charge on any atom is 0.177 e. The standard InChI is InChI=1S/C18H21ClN6O/c19-13-4-2-1-3-12(13)15-16-17(24-23-15)22-14(9-21-16)25-7-5-18(10-20,11-26)6-8-25/h1-4,9,26H,5-8,10-11,20H2,(H,22,23,24). The van der Waals surface area contributed by atoms with Gasteiger partial charge in [-0.1, -0.05) is 29.8 Å². The van der Waals surface area contributed by atoms with Gasteiger partial charge in [-0.25, -0.2) is 9.97 Å². The summed E-state index contributed by atoms with van der Waals surface area (Å²) in [7, 11) is 0. The number of piperidine rings is 1. The zero-order chi connectivity index (χ0) is 18.1. The number of aromatic nitrogens is 4. The van der Waals surface area contributed by atoms with Gasteiger partial charge in [0.15, 0.2) is 5.65 Å². The highest BCUT2D eigenvalue weighted by atomic mass is 35.5. The van der Waals surface area contributed by atoms with E-state index in [-0.39, 0.29) is 12.0 Å². The molecule has 0 atom stereocenters. The quantitative estimate of drug-likeness (QED) is 0.648. The van der Waals surface area contributed by atoms with Crippen LogP contribution in [0.15, 0.2) is 30.5 Å². The number of halogens is 1. The third-order valence-electron chi connectivity index (χ3n) is 5.30. The first-order chi connectivity index (χ1) is 12.7. The number of aromatic amines is 1. The van der Waals surface area contributed by atoms with E-state index in [0.717, 1.165) is 37.3 Å². The molecule has 2 aromatic heterocycles. The van der Waals surface area contributed by atoms with Gasteiger partial charge in [0.1, 0.15) is 17.0 Å². The molecule has 136 valence electrons. The summed E-state index contributed by atoms with van der Waals surface area (Å²) >= 11 is 6.28. The Morgan fingerprint density at radius 1 is 1.27 bits per heavy atom. The molecule has 0 saturated carbocycles. The van der Waals surface area contributed by atoms with Gasteiger partial charge in [0.25, 0.3) is 0 Å². The Morgan fingerprint density at radius 3 is 2.73 bits per heavy atom. The number of H-pyrrole nitrogens is 1. The molecule has 0 bridgehead atoms. The summed E-state index contributed by atoms with van der Waals surface area (Å²) in [5, 5.41) is 17.6. The summed E-state index contributed by atoms with van der Waals surface area (Å²) < 4.78 is 0. The van der Waals surface area contributed by atoms with E-state index in [1.165, 1.54) is 0 Å². The zero-order valence-electron chi connectivity index (χ0n) is 14.3. The Morgan fingerprint density at radius 2 is 2.04 bits per heavy atom. The van der Waals surface area contributed by atoms with Crippen LogP contribution >= 0.6 is 11.6 Å². The highest BCUT2D eigenvalue weighted by Gasteiger charge is 2.33. The van der Waals surface area contributed by atoms with Gasteiger partial charge in [-0.3, -0.25) is 5.10 Å². The molecule has 4 rings (SSSR count). The molecule has 7 nitrogen and oxygen atoms in total. The number of anilines is 1. The molecule has 1 fully saturated rings. The maximum atomic E-state index is 9.62. The van der Waals surface area contributed by atoms with Gasteiger partial charge in [0.2, 0.25) is 0 Å². The number of aliphatic hydroxyl groups is 1. The van der Waals surface area contributed by atoms with E-state index in [2.05, 4.69) is 25.1 Å². The molecule has 0 radical (unpaired) electrons. The number of benzene rings is 1. The number of aliphatic hydroxyl groups excluding tert-OH is 1. The van der Waals surface area contributed by atoms with Crippen LogP contribution in [0.1, 0.15) is 12.8 Å². The maximum absolute atomic E-state index is 9.62. The van der Waals surface area contributed by atoms with E-state index in [1.54, 1.807) is 6.20 Å². The predicted octanol–water partition coefficient (Wildman–Crippen LogP) is 2.21. The lowest BCUT2D eigenvalue weighted by Gasteiger charge is -2.40. The number of rotatable bonds is 4. The van der Waals surface area contributed by atoms with Crippen molar-refractivity contribution in [3.05, 3.63) is 35.5 Å². The van der Waals surface area contributed by atoms with Crippen LogP contribution in [0.2, 0.25) is 5.02 Å². The molecule has 1 saturated heterocycles.